The maximum atomic E-state index is 12.4. The number of carbonyl (C=O) groups is 1. The maximum Gasteiger partial charge on any atom is 0.254 e. The second-order valence-corrected chi connectivity index (χ2v) is 5.82. The van der Waals surface area contributed by atoms with E-state index in [0.717, 1.165) is 24.9 Å². The first-order valence-electron chi connectivity index (χ1n) is 7.10. The van der Waals surface area contributed by atoms with Gasteiger partial charge in [0.2, 0.25) is 11.8 Å². The Bertz CT molecular complexity index is 633. The molecule has 2 aromatic rings. The Kier molecular flexibility index (Phi) is 4.53. The lowest BCUT2D eigenvalue weighted by Crippen LogP contribution is -2.44. The van der Waals surface area contributed by atoms with E-state index in [2.05, 4.69) is 9.97 Å². The highest BCUT2D eigenvalue weighted by Gasteiger charge is 2.26. The fourth-order valence-corrected chi connectivity index (χ4v) is 3.07. The number of thiophene rings is 1. The van der Waals surface area contributed by atoms with Crippen LogP contribution in [-0.4, -0.2) is 47.1 Å². The minimum Gasteiger partial charge on any atom is -0.480 e. The molecule has 1 aliphatic rings. The number of ether oxygens (including phenoxy) is 2. The molecule has 0 N–H and O–H groups in total. The van der Waals surface area contributed by atoms with Gasteiger partial charge in [-0.3, -0.25) is 9.78 Å². The van der Waals surface area contributed by atoms with Crippen LogP contribution in [0.15, 0.2) is 29.2 Å². The molecular weight excluding hydrogens is 302 g/mol. The lowest BCUT2D eigenvalue weighted by Gasteiger charge is -2.32. The Labute approximate surface area is 132 Å². The molecule has 0 unspecified atom stereocenters. The van der Waals surface area contributed by atoms with Crippen molar-refractivity contribution in [2.24, 2.45) is 0 Å². The predicted molar refractivity (Wildman–Crippen MR) is 82.5 cm³/mol. The molecule has 0 aliphatic carbocycles. The van der Waals surface area contributed by atoms with Crippen molar-refractivity contribution in [2.45, 2.75) is 18.9 Å². The summed E-state index contributed by atoms with van der Waals surface area (Å²) < 4.78 is 10.9. The van der Waals surface area contributed by atoms with E-state index in [1.165, 1.54) is 24.6 Å². The molecule has 1 saturated heterocycles. The molecule has 0 aromatic carbocycles. The lowest BCUT2D eigenvalue weighted by atomic mass is 10.1. The van der Waals surface area contributed by atoms with Crippen molar-refractivity contribution in [1.82, 2.24) is 14.9 Å². The third kappa shape index (κ3) is 3.36. The highest BCUT2D eigenvalue weighted by molar-refractivity contribution is 7.08. The molecule has 1 aliphatic heterocycles. The van der Waals surface area contributed by atoms with E-state index in [4.69, 9.17) is 9.47 Å². The number of rotatable bonds is 4. The number of methoxy groups -OCH3 is 1. The zero-order valence-corrected chi connectivity index (χ0v) is 13.1. The van der Waals surface area contributed by atoms with Gasteiger partial charge in [0.15, 0.2) is 0 Å². The number of amides is 1. The molecule has 7 heteroatoms. The number of carbonyl (C=O) groups excluding carboxylic acids is 1. The Morgan fingerprint density at radius 1 is 1.41 bits per heavy atom. The fourth-order valence-electron chi connectivity index (χ4n) is 2.44. The zero-order chi connectivity index (χ0) is 15.4. The monoisotopic (exact) mass is 319 g/mol. The summed E-state index contributed by atoms with van der Waals surface area (Å²) in [5.74, 6) is 0.903. The molecular formula is C15H17N3O3S. The van der Waals surface area contributed by atoms with E-state index < -0.39 is 0 Å². The Morgan fingerprint density at radius 3 is 3.05 bits per heavy atom. The first kappa shape index (κ1) is 14.8. The minimum atomic E-state index is -0.0715. The van der Waals surface area contributed by atoms with Crippen LogP contribution in [0.1, 0.15) is 23.2 Å². The van der Waals surface area contributed by atoms with Crippen molar-refractivity contribution in [1.29, 1.82) is 0 Å². The van der Waals surface area contributed by atoms with Crippen LogP contribution in [0.4, 0.5) is 0 Å². The summed E-state index contributed by atoms with van der Waals surface area (Å²) in [4.78, 5) is 22.4. The van der Waals surface area contributed by atoms with Crippen LogP contribution >= 0.6 is 11.3 Å². The number of hydrogen-bond acceptors (Lipinski definition) is 6. The topological polar surface area (TPSA) is 64.6 Å². The van der Waals surface area contributed by atoms with E-state index in [1.807, 2.05) is 21.7 Å². The van der Waals surface area contributed by atoms with Gasteiger partial charge < -0.3 is 14.4 Å². The van der Waals surface area contributed by atoms with Crippen molar-refractivity contribution in [2.75, 3.05) is 20.2 Å². The average Bonchev–Trinajstić information content (AvgIpc) is 3.09. The van der Waals surface area contributed by atoms with E-state index >= 15 is 0 Å². The molecule has 1 atom stereocenters. The van der Waals surface area contributed by atoms with Crippen LogP contribution in [0.25, 0.3) is 0 Å². The lowest BCUT2D eigenvalue weighted by molar-refractivity contribution is 0.0526. The maximum absolute atomic E-state index is 12.4. The van der Waals surface area contributed by atoms with E-state index in [9.17, 15) is 4.79 Å². The molecule has 2 aromatic heterocycles. The van der Waals surface area contributed by atoms with Crippen LogP contribution in [0, 0.1) is 0 Å². The summed E-state index contributed by atoms with van der Waals surface area (Å²) >= 11 is 1.53. The molecule has 6 nitrogen and oxygen atoms in total. The van der Waals surface area contributed by atoms with Gasteiger partial charge in [0, 0.05) is 11.9 Å². The summed E-state index contributed by atoms with van der Waals surface area (Å²) in [6, 6.07) is 1.85. The minimum absolute atomic E-state index is 0.0614. The van der Waals surface area contributed by atoms with E-state index in [0.29, 0.717) is 18.3 Å². The van der Waals surface area contributed by atoms with Gasteiger partial charge in [-0.1, -0.05) is 0 Å². The molecule has 0 saturated carbocycles. The summed E-state index contributed by atoms with van der Waals surface area (Å²) in [5, 5.41) is 3.79. The van der Waals surface area contributed by atoms with E-state index in [1.54, 1.807) is 6.20 Å². The summed E-state index contributed by atoms with van der Waals surface area (Å²) in [6.45, 7) is 1.33. The summed E-state index contributed by atoms with van der Waals surface area (Å²) in [6.07, 6.45) is 4.82. The number of piperidine rings is 1. The van der Waals surface area contributed by atoms with Gasteiger partial charge >= 0.3 is 0 Å². The van der Waals surface area contributed by atoms with Crippen molar-refractivity contribution in [3.63, 3.8) is 0 Å². The first-order chi connectivity index (χ1) is 10.8. The Morgan fingerprint density at radius 2 is 2.27 bits per heavy atom. The number of likely N-dealkylation sites (tertiary alicyclic amines) is 1. The van der Waals surface area contributed by atoms with Gasteiger partial charge in [-0.15, -0.1) is 0 Å². The van der Waals surface area contributed by atoms with Crippen LogP contribution in [0.3, 0.4) is 0 Å². The molecule has 3 heterocycles. The van der Waals surface area contributed by atoms with Gasteiger partial charge in [0.1, 0.15) is 6.10 Å². The van der Waals surface area contributed by atoms with Crippen molar-refractivity contribution < 1.29 is 14.3 Å². The number of nitrogens with zero attached hydrogens (tertiary/aromatic N) is 3. The molecule has 0 radical (unpaired) electrons. The highest BCUT2D eigenvalue weighted by atomic mass is 32.1. The molecule has 1 amide bonds. The fraction of sp³-hybridized carbons (Fsp3) is 0.400. The van der Waals surface area contributed by atoms with Crippen LogP contribution in [-0.2, 0) is 0 Å². The zero-order valence-electron chi connectivity index (χ0n) is 12.3. The van der Waals surface area contributed by atoms with Gasteiger partial charge in [-0.25, -0.2) is 0 Å². The predicted octanol–water partition coefficient (Wildman–Crippen LogP) is 2.23. The first-order valence-corrected chi connectivity index (χ1v) is 8.04. The highest BCUT2D eigenvalue weighted by Crippen LogP contribution is 2.20. The van der Waals surface area contributed by atoms with Gasteiger partial charge in [0.05, 0.1) is 31.6 Å². The molecule has 22 heavy (non-hydrogen) atoms. The molecule has 3 rings (SSSR count). The normalized spacial score (nSPS) is 18.0. The summed E-state index contributed by atoms with van der Waals surface area (Å²) in [7, 11) is 1.54. The van der Waals surface area contributed by atoms with Crippen LogP contribution in [0.2, 0.25) is 0 Å². The molecule has 1 fully saturated rings. The van der Waals surface area contributed by atoms with Crippen LogP contribution in [0.5, 0.6) is 11.8 Å². The smallest absolute Gasteiger partial charge is 0.254 e. The van der Waals surface area contributed by atoms with Gasteiger partial charge in [-0.2, -0.15) is 16.3 Å². The van der Waals surface area contributed by atoms with Crippen LogP contribution < -0.4 is 9.47 Å². The molecule has 0 spiro atoms. The second kappa shape index (κ2) is 6.74. The standard InChI is InChI=1S/C15H17N3O3S/c1-20-13-7-16-8-14(17-13)21-12-3-2-5-18(9-12)15(19)11-4-6-22-10-11/h4,6-8,10,12H,2-3,5,9H2,1H3/t12-/m1/s1. The third-order valence-electron chi connectivity index (χ3n) is 3.52. The largest absolute Gasteiger partial charge is 0.480 e. The quantitative estimate of drug-likeness (QED) is 0.864. The molecule has 0 bridgehead atoms. The molecule has 116 valence electrons. The number of hydrogen-bond donors (Lipinski definition) is 0. The second-order valence-electron chi connectivity index (χ2n) is 5.04. The van der Waals surface area contributed by atoms with Gasteiger partial charge in [-0.05, 0) is 24.3 Å². The van der Waals surface area contributed by atoms with Crippen molar-refractivity contribution in [3.05, 3.63) is 34.8 Å². The van der Waals surface area contributed by atoms with Crippen molar-refractivity contribution >= 4 is 17.2 Å². The third-order valence-corrected chi connectivity index (χ3v) is 4.20. The SMILES string of the molecule is COc1cncc(O[C@@H]2CCCN(C(=O)c3ccsc3)C2)n1. The average molecular weight is 319 g/mol. The van der Waals surface area contributed by atoms with E-state index in [-0.39, 0.29) is 12.0 Å². The Balaban J connectivity index is 1.64. The van der Waals surface area contributed by atoms with Gasteiger partial charge in [0.25, 0.3) is 5.91 Å². The van der Waals surface area contributed by atoms with Crippen molar-refractivity contribution in [3.8, 4) is 11.8 Å². The Hall–Kier alpha value is -2.15. The number of aromatic nitrogens is 2. The summed E-state index contributed by atoms with van der Waals surface area (Å²) in [5.41, 5.74) is 0.742.